The number of aromatic nitrogens is 2. The third-order valence-electron chi connectivity index (χ3n) is 3.10. The van der Waals surface area contributed by atoms with E-state index in [0.29, 0.717) is 11.2 Å². The molecule has 20 heavy (non-hydrogen) atoms. The molecule has 0 aliphatic rings. The SMILES string of the molecule is Cc1cc(F)cc(-n2cnc3cc(C(=O)O)ccc32)c1. The zero-order chi connectivity index (χ0) is 14.3. The predicted octanol–water partition coefficient (Wildman–Crippen LogP) is 3.17. The van der Waals surface area contributed by atoms with Gasteiger partial charge in [-0.2, -0.15) is 0 Å². The van der Waals surface area contributed by atoms with Crippen LogP contribution in [0.25, 0.3) is 16.7 Å². The summed E-state index contributed by atoms with van der Waals surface area (Å²) in [7, 11) is 0. The van der Waals surface area contributed by atoms with Crippen LogP contribution in [0.3, 0.4) is 0 Å². The molecule has 0 unspecified atom stereocenters. The van der Waals surface area contributed by atoms with Crippen LogP contribution in [0.15, 0.2) is 42.7 Å². The molecule has 0 amide bonds. The number of carboxylic acid groups (broad SMARTS) is 1. The van der Waals surface area contributed by atoms with Gasteiger partial charge in [0, 0.05) is 0 Å². The number of rotatable bonds is 2. The largest absolute Gasteiger partial charge is 0.478 e. The maximum Gasteiger partial charge on any atom is 0.335 e. The summed E-state index contributed by atoms with van der Waals surface area (Å²) in [6.07, 6.45) is 1.56. The quantitative estimate of drug-likeness (QED) is 0.778. The molecule has 1 N–H and O–H groups in total. The van der Waals surface area contributed by atoms with Crippen molar-refractivity contribution in [2.75, 3.05) is 0 Å². The topological polar surface area (TPSA) is 55.1 Å². The smallest absolute Gasteiger partial charge is 0.335 e. The first-order chi connectivity index (χ1) is 9.54. The fourth-order valence-corrected chi connectivity index (χ4v) is 2.21. The van der Waals surface area contributed by atoms with Gasteiger partial charge in [-0.3, -0.25) is 4.57 Å². The highest BCUT2D eigenvalue weighted by atomic mass is 19.1. The Kier molecular flexibility index (Phi) is 2.75. The average Bonchev–Trinajstić information content (AvgIpc) is 2.80. The lowest BCUT2D eigenvalue weighted by Crippen LogP contribution is -1.97. The fourth-order valence-electron chi connectivity index (χ4n) is 2.21. The van der Waals surface area contributed by atoms with E-state index >= 15 is 0 Å². The minimum absolute atomic E-state index is 0.179. The van der Waals surface area contributed by atoms with Crippen LogP contribution in [0, 0.1) is 12.7 Å². The molecule has 4 nitrogen and oxygen atoms in total. The minimum Gasteiger partial charge on any atom is -0.478 e. The average molecular weight is 270 g/mol. The van der Waals surface area contributed by atoms with Gasteiger partial charge in [0.15, 0.2) is 0 Å². The normalized spacial score (nSPS) is 10.9. The fraction of sp³-hybridized carbons (Fsp3) is 0.0667. The van der Waals surface area contributed by atoms with Crippen LogP contribution >= 0.6 is 0 Å². The third-order valence-corrected chi connectivity index (χ3v) is 3.10. The number of halogens is 1. The Morgan fingerprint density at radius 2 is 2.05 bits per heavy atom. The van der Waals surface area contributed by atoms with Crippen LogP contribution in [0.5, 0.6) is 0 Å². The van der Waals surface area contributed by atoms with Crippen LogP contribution < -0.4 is 0 Å². The lowest BCUT2D eigenvalue weighted by molar-refractivity contribution is 0.0697. The Balaban J connectivity index is 2.19. The van der Waals surface area contributed by atoms with Crippen LogP contribution in [-0.2, 0) is 0 Å². The first kappa shape index (κ1) is 12.3. The molecule has 1 heterocycles. The lowest BCUT2D eigenvalue weighted by atomic mass is 10.2. The summed E-state index contributed by atoms with van der Waals surface area (Å²) in [6, 6.07) is 9.39. The lowest BCUT2D eigenvalue weighted by Gasteiger charge is -2.06. The van der Waals surface area contributed by atoms with Crippen molar-refractivity contribution in [1.82, 2.24) is 9.55 Å². The zero-order valence-electron chi connectivity index (χ0n) is 10.7. The summed E-state index contributed by atoms with van der Waals surface area (Å²) in [4.78, 5) is 15.1. The van der Waals surface area contributed by atoms with Gasteiger partial charge in [0.1, 0.15) is 12.1 Å². The van der Waals surface area contributed by atoms with E-state index < -0.39 is 5.97 Å². The van der Waals surface area contributed by atoms with Crippen molar-refractivity contribution in [3.05, 3.63) is 59.7 Å². The molecule has 0 atom stereocenters. The number of imidazole rings is 1. The summed E-state index contributed by atoms with van der Waals surface area (Å²) < 4.78 is 15.2. The highest BCUT2D eigenvalue weighted by molar-refractivity contribution is 5.92. The van der Waals surface area contributed by atoms with Crippen molar-refractivity contribution in [2.24, 2.45) is 0 Å². The van der Waals surface area contributed by atoms with E-state index in [4.69, 9.17) is 5.11 Å². The molecular formula is C15H11FN2O2. The number of hydrogen-bond acceptors (Lipinski definition) is 2. The Hall–Kier alpha value is -2.69. The van der Waals surface area contributed by atoms with Crippen LogP contribution in [0.1, 0.15) is 15.9 Å². The number of aromatic carboxylic acids is 1. The van der Waals surface area contributed by atoms with Gasteiger partial charge in [-0.1, -0.05) is 0 Å². The molecule has 0 aliphatic heterocycles. The Morgan fingerprint density at radius 3 is 2.75 bits per heavy atom. The number of carboxylic acids is 1. The highest BCUT2D eigenvalue weighted by Gasteiger charge is 2.09. The van der Waals surface area contributed by atoms with Crippen LogP contribution in [0.2, 0.25) is 0 Å². The number of hydrogen-bond donors (Lipinski definition) is 1. The Bertz CT molecular complexity index is 804. The summed E-state index contributed by atoms with van der Waals surface area (Å²) in [5.41, 5.74) is 2.95. The van der Waals surface area contributed by atoms with Crippen molar-refractivity contribution in [3.8, 4) is 5.69 Å². The second-order valence-corrected chi connectivity index (χ2v) is 4.61. The van der Waals surface area contributed by atoms with Crippen molar-refractivity contribution >= 4 is 17.0 Å². The van der Waals surface area contributed by atoms with E-state index in [1.54, 1.807) is 17.0 Å². The predicted molar refractivity (Wildman–Crippen MR) is 72.7 cm³/mol. The van der Waals surface area contributed by atoms with Gasteiger partial charge in [0.2, 0.25) is 0 Å². The van der Waals surface area contributed by atoms with Gasteiger partial charge in [0.25, 0.3) is 0 Å². The monoisotopic (exact) mass is 270 g/mol. The molecule has 0 spiro atoms. The van der Waals surface area contributed by atoms with Gasteiger partial charge in [-0.15, -0.1) is 0 Å². The number of nitrogens with zero attached hydrogens (tertiary/aromatic N) is 2. The van der Waals surface area contributed by atoms with Gasteiger partial charge in [-0.25, -0.2) is 14.2 Å². The van der Waals surface area contributed by atoms with Crippen molar-refractivity contribution in [3.63, 3.8) is 0 Å². The first-order valence-electron chi connectivity index (χ1n) is 6.02. The van der Waals surface area contributed by atoms with Gasteiger partial charge in [0.05, 0.1) is 22.3 Å². The molecule has 3 aromatic rings. The second kappa shape index (κ2) is 4.45. The molecule has 0 saturated heterocycles. The van der Waals surface area contributed by atoms with E-state index in [1.165, 1.54) is 24.3 Å². The standard InChI is InChI=1S/C15H11FN2O2/c1-9-4-11(16)7-12(5-9)18-8-17-13-6-10(15(19)20)2-3-14(13)18/h2-8H,1H3,(H,19,20). The molecule has 0 saturated carbocycles. The van der Waals surface area contributed by atoms with E-state index in [0.717, 1.165) is 11.1 Å². The zero-order valence-corrected chi connectivity index (χ0v) is 10.7. The van der Waals surface area contributed by atoms with Crippen molar-refractivity contribution in [1.29, 1.82) is 0 Å². The molecular weight excluding hydrogens is 259 g/mol. The van der Waals surface area contributed by atoms with E-state index in [-0.39, 0.29) is 11.4 Å². The molecule has 0 fully saturated rings. The van der Waals surface area contributed by atoms with Gasteiger partial charge < -0.3 is 5.11 Å². The summed E-state index contributed by atoms with van der Waals surface area (Å²) in [6.45, 7) is 1.81. The molecule has 5 heteroatoms. The highest BCUT2D eigenvalue weighted by Crippen LogP contribution is 2.21. The van der Waals surface area contributed by atoms with Gasteiger partial charge >= 0.3 is 5.97 Å². The number of benzene rings is 2. The number of aryl methyl sites for hydroxylation is 1. The van der Waals surface area contributed by atoms with Crippen molar-refractivity contribution in [2.45, 2.75) is 6.92 Å². The molecule has 1 aromatic heterocycles. The van der Waals surface area contributed by atoms with E-state index in [9.17, 15) is 9.18 Å². The number of fused-ring (bicyclic) bond motifs is 1. The summed E-state index contributed by atoms with van der Waals surface area (Å²) in [5, 5.41) is 8.96. The Labute approximate surface area is 114 Å². The van der Waals surface area contributed by atoms with E-state index in [1.807, 2.05) is 13.0 Å². The molecule has 3 rings (SSSR count). The minimum atomic E-state index is -0.997. The molecule has 0 bridgehead atoms. The maximum atomic E-state index is 13.5. The molecule has 2 aromatic carbocycles. The second-order valence-electron chi connectivity index (χ2n) is 4.61. The molecule has 0 radical (unpaired) electrons. The van der Waals surface area contributed by atoms with Gasteiger partial charge in [-0.05, 0) is 48.9 Å². The third kappa shape index (κ3) is 2.03. The Morgan fingerprint density at radius 1 is 1.25 bits per heavy atom. The summed E-state index contributed by atoms with van der Waals surface area (Å²) in [5.74, 6) is -1.31. The first-order valence-corrected chi connectivity index (χ1v) is 6.02. The van der Waals surface area contributed by atoms with Crippen LogP contribution in [-0.4, -0.2) is 20.6 Å². The summed E-state index contributed by atoms with van der Waals surface area (Å²) >= 11 is 0. The molecule has 100 valence electrons. The van der Waals surface area contributed by atoms with E-state index in [2.05, 4.69) is 4.98 Å². The number of carbonyl (C=O) groups is 1. The van der Waals surface area contributed by atoms with Crippen molar-refractivity contribution < 1.29 is 14.3 Å². The maximum absolute atomic E-state index is 13.5. The molecule has 0 aliphatic carbocycles. The van der Waals surface area contributed by atoms with Crippen LogP contribution in [0.4, 0.5) is 4.39 Å².